The van der Waals surface area contributed by atoms with E-state index in [0.29, 0.717) is 13.0 Å². The van der Waals surface area contributed by atoms with Crippen LogP contribution in [0.25, 0.3) is 0 Å². The number of sulfone groups is 1. The number of nitrogens with zero attached hydrogens (tertiary/aromatic N) is 1. The van der Waals surface area contributed by atoms with Crippen LogP contribution in [0.2, 0.25) is 0 Å². The Kier molecular flexibility index (Phi) is 5.55. The molecule has 0 radical (unpaired) electrons. The lowest BCUT2D eigenvalue weighted by molar-refractivity contribution is -0.154. The number of ether oxygens (including phenoxy) is 1. The van der Waals surface area contributed by atoms with Gasteiger partial charge in [-0.15, -0.1) is 0 Å². The van der Waals surface area contributed by atoms with E-state index in [1.54, 1.807) is 0 Å². The second-order valence-electron chi connectivity index (χ2n) is 4.36. The van der Waals surface area contributed by atoms with Gasteiger partial charge < -0.3 is 20.1 Å². The molecule has 1 saturated heterocycles. The van der Waals surface area contributed by atoms with Crippen molar-refractivity contribution in [3.05, 3.63) is 0 Å². The van der Waals surface area contributed by atoms with Gasteiger partial charge in [-0.1, -0.05) is 0 Å². The van der Waals surface area contributed by atoms with Gasteiger partial charge in [0.05, 0.1) is 18.9 Å². The lowest BCUT2D eigenvalue weighted by Crippen LogP contribution is -2.51. The molecule has 1 heterocycles. The summed E-state index contributed by atoms with van der Waals surface area (Å²) in [4.78, 5) is 23.8. The number of carboxylic acid groups (broad SMARTS) is 1. The summed E-state index contributed by atoms with van der Waals surface area (Å²) >= 11 is 0. The van der Waals surface area contributed by atoms with E-state index < -0.39 is 27.9 Å². The minimum absolute atomic E-state index is 0.00670. The molecule has 1 atom stereocenters. The molecule has 0 aromatic heterocycles. The molecule has 1 rings (SSSR count). The molecule has 9 heteroatoms. The molecular weight excluding hydrogens is 276 g/mol. The number of rotatable bonds is 5. The smallest absolute Gasteiger partial charge is 0.334 e. The van der Waals surface area contributed by atoms with Crippen molar-refractivity contribution >= 4 is 21.8 Å². The summed E-state index contributed by atoms with van der Waals surface area (Å²) in [5.41, 5.74) is 0. The summed E-state index contributed by atoms with van der Waals surface area (Å²) in [6.45, 7) is 0.726. The highest BCUT2D eigenvalue weighted by Crippen LogP contribution is 2.05. The SMILES string of the molecule is CS(=O)(=O)CCCNC(=O)N1CCOC(C(=O)O)C1. The van der Waals surface area contributed by atoms with Crippen molar-refractivity contribution in [2.24, 2.45) is 0 Å². The van der Waals surface area contributed by atoms with Crippen molar-refractivity contribution in [3.8, 4) is 0 Å². The van der Waals surface area contributed by atoms with Gasteiger partial charge in [-0.25, -0.2) is 18.0 Å². The summed E-state index contributed by atoms with van der Waals surface area (Å²) in [5.74, 6) is -1.09. The lowest BCUT2D eigenvalue weighted by atomic mass is 10.3. The number of carboxylic acids is 1. The third-order valence-corrected chi connectivity index (χ3v) is 3.63. The predicted molar refractivity (Wildman–Crippen MR) is 66.7 cm³/mol. The first-order chi connectivity index (χ1) is 8.79. The van der Waals surface area contributed by atoms with E-state index in [0.717, 1.165) is 6.26 Å². The number of morpholine rings is 1. The zero-order valence-corrected chi connectivity index (χ0v) is 11.5. The molecule has 1 unspecified atom stereocenters. The van der Waals surface area contributed by atoms with Crippen LogP contribution >= 0.6 is 0 Å². The molecule has 0 spiro atoms. The van der Waals surface area contributed by atoms with Crippen LogP contribution in [-0.4, -0.2) is 74.8 Å². The molecule has 110 valence electrons. The largest absolute Gasteiger partial charge is 0.479 e. The quantitative estimate of drug-likeness (QED) is 0.623. The van der Waals surface area contributed by atoms with Crippen LogP contribution in [0.15, 0.2) is 0 Å². The zero-order chi connectivity index (χ0) is 14.5. The normalized spacial score (nSPS) is 20.1. The van der Waals surface area contributed by atoms with E-state index in [-0.39, 0.29) is 25.4 Å². The molecule has 0 aliphatic carbocycles. The van der Waals surface area contributed by atoms with Gasteiger partial charge in [0, 0.05) is 19.3 Å². The molecule has 1 aliphatic heterocycles. The maximum absolute atomic E-state index is 11.7. The van der Waals surface area contributed by atoms with Crippen molar-refractivity contribution < 1.29 is 27.9 Å². The number of urea groups is 1. The minimum Gasteiger partial charge on any atom is -0.479 e. The molecule has 1 aliphatic rings. The van der Waals surface area contributed by atoms with Crippen LogP contribution < -0.4 is 5.32 Å². The average molecular weight is 294 g/mol. The fourth-order valence-corrected chi connectivity index (χ4v) is 2.29. The molecule has 1 fully saturated rings. The third kappa shape index (κ3) is 5.88. The first-order valence-corrected chi connectivity index (χ1v) is 7.90. The van der Waals surface area contributed by atoms with Crippen molar-refractivity contribution in [2.45, 2.75) is 12.5 Å². The van der Waals surface area contributed by atoms with Gasteiger partial charge in [0.15, 0.2) is 6.10 Å². The summed E-state index contributed by atoms with van der Waals surface area (Å²) < 4.78 is 26.8. The van der Waals surface area contributed by atoms with Crippen molar-refractivity contribution in [2.75, 3.05) is 38.2 Å². The number of carbonyl (C=O) groups excluding carboxylic acids is 1. The molecule has 19 heavy (non-hydrogen) atoms. The Labute approximate surface area is 111 Å². The van der Waals surface area contributed by atoms with Crippen molar-refractivity contribution in [3.63, 3.8) is 0 Å². The number of hydrogen-bond donors (Lipinski definition) is 2. The van der Waals surface area contributed by atoms with Gasteiger partial charge in [-0.2, -0.15) is 0 Å². The Balaban J connectivity index is 2.31. The molecular formula is C10H18N2O6S. The Morgan fingerprint density at radius 3 is 2.74 bits per heavy atom. The van der Waals surface area contributed by atoms with Gasteiger partial charge in [0.1, 0.15) is 9.84 Å². The number of nitrogens with one attached hydrogen (secondary N) is 1. The predicted octanol–water partition coefficient (Wildman–Crippen LogP) is -1.08. The number of amides is 2. The Morgan fingerprint density at radius 2 is 2.16 bits per heavy atom. The van der Waals surface area contributed by atoms with Crippen LogP contribution in [0.1, 0.15) is 6.42 Å². The van der Waals surface area contributed by atoms with Crippen LogP contribution in [0.4, 0.5) is 4.79 Å². The number of hydrogen-bond acceptors (Lipinski definition) is 5. The molecule has 0 saturated carbocycles. The highest BCUT2D eigenvalue weighted by molar-refractivity contribution is 7.90. The van der Waals surface area contributed by atoms with E-state index in [1.807, 2.05) is 0 Å². The first kappa shape index (κ1) is 15.7. The standard InChI is InChI=1S/C10H18N2O6S/c1-19(16,17)6-2-3-11-10(15)12-4-5-18-8(7-12)9(13)14/h8H,2-7H2,1H3,(H,11,15)(H,13,14). The Morgan fingerprint density at radius 1 is 1.47 bits per heavy atom. The molecule has 8 nitrogen and oxygen atoms in total. The van der Waals surface area contributed by atoms with Crippen LogP contribution in [0, 0.1) is 0 Å². The van der Waals surface area contributed by atoms with E-state index in [2.05, 4.69) is 5.32 Å². The summed E-state index contributed by atoms with van der Waals surface area (Å²) in [7, 11) is -3.03. The van der Waals surface area contributed by atoms with Crippen LogP contribution in [0.3, 0.4) is 0 Å². The van der Waals surface area contributed by atoms with Crippen molar-refractivity contribution in [1.29, 1.82) is 0 Å². The van der Waals surface area contributed by atoms with Gasteiger partial charge in [-0.3, -0.25) is 0 Å². The van der Waals surface area contributed by atoms with Gasteiger partial charge in [0.25, 0.3) is 0 Å². The fourth-order valence-electron chi connectivity index (χ4n) is 1.62. The molecule has 0 aromatic rings. The maximum Gasteiger partial charge on any atom is 0.334 e. The highest BCUT2D eigenvalue weighted by Gasteiger charge is 2.28. The molecule has 0 bridgehead atoms. The van der Waals surface area contributed by atoms with Gasteiger partial charge >= 0.3 is 12.0 Å². The second kappa shape index (κ2) is 6.71. The Hall–Kier alpha value is -1.35. The molecule has 0 aromatic carbocycles. The third-order valence-electron chi connectivity index (χ3n) is 2.60. The van der Waals surface area contributed by atoms with E-state index in [1.165, 1.54) is 4.90 Å². The van der Waals surface area contributed by atoms with Gasteiger partial charge in [0.2, 0.25) is 0 Å². The lowest BCUT2D eigenvalue weighted by Gasteiger charge is -2.30. The van der Waals surface area contributed by atoms with E-state index >= 15 is 0 Å². The van der Waals surface area contributed by atoms with Crippen LogP contribution in [0.5, 0.6) is 0 Å². The van der Waals surface area contributed by atoms with Crippen molar-refractivity contribution in [1.82, 2.24) is 10.2 Å². The molecule has 2 amide bonds. The monoisotopic (exact) mass is 294 g/mol. The number of carbonyl (C=O) groups is 2. The average Bonchev–Trinajstić information content (AvgIpc) is 2.33. The van der Waals surface area contributed by atoms with Crippen LogP contribution in [-0.2, 0) is 19.4 Å². The first-order valence-electron chi connectivity index (χ1n) is 5.84. The highest BCUT2D eigenvalue weighted by atomic mass is 32.2. The summed E-state index contributed by atoms with van der Waals surface area (Å²) in [6, 6.07) is -0.400. The maximum atomic E-state index is 11.7. The Bertz CT molecular complexity index is 435. The minimum atomic E-state index is -3.03. The topological polar surface area (TPSA) is 113 Å². The summed E-state index contributed by atoms with van der Waals surface area (Å²) in [5, 5.41) is 11.3. The van der Waals surface area contributed by atoms with E-state index in [9.17, 15) is 18.0 Å². The zero-order valence-electron chi connectivity index (χ0n) is 10.7. The fraction of sp³-hybridized carbons (Fsp3) is 0.800. The molecule has 2 N–H and O–H groups in total. The van der Waals surface area contributed by atoms with E-state index in [4.69, 9.17) is 9.84 Å². The summed E-state index contributed by atoms with van der Waals surface area (Å²) in [6.07, 6.45) is 0.460. The number of aliphatic carboxylic acids is 1. The second-order valence-corrected chi connectivity index (χ2v) is 6.62. The van der Waals surface area contributed by atoms with Gasteiger partial charge in [-0.05, 0) is 6.42 Å².